The average Bonchev–Trinajstić information content (AvgIpc) is 2.55. The molecule has 0 aromatic heterocycles. The summed E-state index contributed by atoms with van der Waals surface area (Å²) in [6, 6.07) is 0. The molecule has 0 spiro atoms. The highest BCUT2D eigenvalue weighted by molar-refractivity contribution is 5.73. The first-order chi connectivity index (χ1) is 6.88. The molecule has 2 fully saturated rings. The second-order valence-corrected chi connectivity index (χ2v) is 6.02. The molecule has 2 rings (SSSR count). The lowest BCUT2D eigenvalue weighted by atomic mass is 10.0. The Morgan fingerprint density at radius 3 is 1.87 bits per heavy atom. The van der Waals surface area contributed by atoms with E-state index in [9.17, 15) is 4.79 Å². The van der Waals surface area contributed by atoms with Crippen LogP contribution in [0.1, 0.15) is 27.7 Å². The van der Waals surface area contributed by atoms with Crippen molar-refractivity contribution >= 4 is 5.91 Å². The van der Waals surface area contributed by atoms with Gasteiger partial charge >= 0.3 is 0 Å². The van der Waals surface area contributed by atoms with E-state index in [1.165, 1.54) is 0 Å². The Balaban J connectivity index is 1.96. The van der Waals surface area contributed by atoms with Gasteiger partial charge in [0.05, 0.1) is 0 Å². The highest BCUT2D eigenvalue weighted by Crippen LogP contribution is 2.34. The number of carbonyl (C=O) groups is 1. The molecule has 2 atom stereocenters. The minimum Gasteiger partial charge on any atom is -0.342 e. The first-order valence-corrected chi connectivity index (χ1v) is 5.88. The number of amides is 1. The second kappa shape index (κ2) is 3.48. The summed E-state index contributed by atoms with van der Waals surface area (Å²) in [4.78, 5) is 15.8. The fourth-order valence-corrected chi connectivity index (χ4v) is 2.80. The van der Waals surface area contributed by atoms with Gasteiger partial charge in [-0.25, -0.2) is 0 Å². The van der Waals surface area contributed by atoms with Gasteiger partial charge in [0.1, 0.15) is 0 Å². The predicted molar refractivity (Wildman–Crippen MR) is 60.6 cm³/mol. The summed E-state index contributed by atoms with van der Waals surface area (Å²) in [5.41, 5.74) is 0.283. The second-order valence-electron chi connectivity index (χ2n) is 6.02. The summed E-state index contributed by atoms with van der Waals surface area (Å²) in [5, 5.41) is 0. The Labute approximate surface area is 92.4 Å². The van der Waals surface area contributed by atoms with Crippen LogP contribution in [-0.4, -0.2) is 47.4 Å². The van der Waals surface area contributed by atoms with Gasteiger partial charge in [0.2, 0.25) is 5.91 Å². The van der Waals surface area contributed by atoms with Gasteiger partial charge in [-0.15, -0.1) is 0 Å². The molecule has 0 bridgehead atoms. The minimum absolute atomic E-state index is 0.242. The van der Waals surface area contributed by atoms with Gasteiger partial charge in [0.25, 0.3) is 0 Å². The predicted octanol–water partition coefficient (Wildman–Crippen LogP) is 1.19. The maximum absolute atomic E-state index is 11.3. The molecular formula is C12H22N2O. The van der Waals surface area contributed by atoms with Gasteiger partial charge in [-0.05, 0) is 32.6 Å². The van der Waals surface area contributed by atoms with Crippen LogP contribution >= 0.6 is 0 Å². The third kappa shape index (κ3) is 2.03. The molecule has 0 unspecified atom stereocenters. The van der Waals surface area contributed by atoms with Gasteiger partial charge < -0.3 is 4.90 Å². The summed E-state index contributed by atoms with van der Waals surface area (Å²) in [5.74, 6) is 1.67. The highest BCUT2D eigenvalue weighted by Gasteiger charge is 2.43. The van der Waals surface area contributed by atoms with E-state index >= 15 is 0 Å². The SMILES string of the molecule is CC(=O)N1C[C@@H]2CN(C(C)(C)C)C[C@@H]2C1. The Hall–Kier alpha value is -0.570. The van der Waals surface area contributed by atoms with E-state index in [4.69, 9.17) is 0 Å². The topological polar surface area (TPSA) is 23.6 Å². The van der Waals surface area contributed by atoms with E-state index in [-0.39, 0.29) is 11.4 Å². The van der Waals surface area contributed by atoms with Gasteiger partial charge in [-0.1, -0.05) is 0 Å². The van der Waals surface area contributed by atoms with Crippen LogP contribution < -0.4 is 0 Å². The zero-order valence-corrected chi connectivity index (χ0v) is 10.3. The maximum Gasteiger partial charge on any atom is 0.219 e. The third-order valence-electron chi connectivity index (χ3n) is 3.88. The first-order valence-electron chi connectivity index (χ1n) is 5.88. The summed E-state index contributed by atoms with van der Waals surface area (Å²) in [6.07, 6.45) is 0. The summed E-state index contributed by atoms with van der Waals surface area (Å²) in [7, 11) is 0. The average molecular weight is 210 g/mol. The zero-order valence-electron chi connectivity index (χ0n) is 10.3. The number of fused-ring (bicyclic) bond motifs is 1. The number of rotatable bonds is 0. The largest absolute Gasteiger partial charge is 0.342 e. The first kappa shape index (κ1) is 10.9. The summed E-state index contributed by atoms with van der Waals surface area (Å²) < 4.78 is 0. The van der Waals surface area contributed by atoms with Crippen molar-refractivity contribution in [3.8, 4) is 0 Å². The molecule has 2 aliphatic rings. The monoisotopic (exact) mass is 210 g/mol. The van der Waals surface area contributed by atoms with Crippen molar-refractivity contribution in [3.63, 3.8) is 0 Å². The van der Waals surface area contributed by atoms with Crippen molar-refractivity contribution in [2.24, 2.45) is 11.8 Å². The number of likely N-dealkylation sites (tertiary alicyclic amines) is 2. The normalized spacial score (nSPS) is 32.1. The lowest BCUT2D eigenvalue weighted by Gasteiger charge is -2.33. The van der Waals surface area contributed by atoms with Crippen molar-refractivity contribution in [3.05, 3.63) is 0 Å². The van der Waals surface area contributed by atoms with Crippen molar-refractivity contribution < 1.29 is 4.79 Å². The molecule has 0 radical (unpaired) electrons. The van der Waals surface area contributed by atoms with Crippen molar-refractivity contribution in [1.29, 1.82) is 0 Å². The fourth-order valence-electron chi connectivity index (χ4n) is 2.80. The summed E-state index contributed by atoms with van der Waals surface area (Å²) in [6.45, 7) is 12.8. The molecule has 0 aromatic carbocycles. The maximum atomic E-state index is 11.3. The molecule has 0 saturated carbocycles. The van der Waals surface area contributed by atoms with Gasteiger partial charge in [0.15, 0.2) is 0 Å². The number of nitrogens with zero attached hydrogens (tertiary/aromatic N) is 2. The van der Waals surface area contributed by atoms with Crippen LogP contribution in [-0.2, 0) is 4.79 Å². The molecule has 2 saturated heterocycles. The third-order valence-corrected chi connectivity index (χ3v) is 3.88. The van der Waals surface area contributed by atoms with E-state index < -0.39 is 0 Å². The lowest BCUT2D eigenvalue weighted by Crippen LogP contribution is -2.42. The van der Waals surface area contributed by atoms with Crippen molar-refractivity contribution in [2.45, 2.75) is 33.2 Å². The van der Waals surface area contributed by atoms with Crippen LogP contribution in [0.25, 0.3) is 0 Å². The van der Waals surface area contributed by atoms with E-state index in [1.807, 2.05) is 4.90 Å². The van der Waals surface area contributed by atoms with E-state index in [0.29, 0.717) is 11.8 Å². The standard InChI is InChI=1S/C12H22N2O/c1-9(15)13-5-10-7-14(12(2,3)4)8-11(10)6-13/h10-11H,5-8H2,1-4H3/t10-,11+. The summed E-state index contributed by atoms with van der Waals surface area (Å²) >= 11 is 0. The van der Waals surface area contributed by atoms with E-state index in [0.717, 1.165) is 26.2 Å². The Morgan fingerprint density at radius 1 is 1.07 bits per heavy atom. The quantitative estimate of drug-likeness (QED) is 0.600. The highest BCUT2D eigenvalue weighted by atomic mass is 16.2. The van der Waals surface area contributed by atoms with Crippen molar-refractivity contribution in [1.82, 2.24) is 9.80 Å². The molecule has 3 heteroatoms. The molecule has 2 heterocycles. The molecule has 1 amide bonds. The molecule has 0 aromatic rings. The molecule has 86 valence electrons. The van der Waals surface area contributed by atoms with Crippen LogP contribution in [0.3, 0.4) is 0 Å². The van der Waals surface area contributed by atoms with Crippen molar-refractivity contribution in [2.75, 3.05) is 26.2 Å². The number of hydrogen-bond acceptors (Lipinski definition) is 2. The van der Waals surface area contributed by atoms with E-state index in [2.05, 4.69) is 25.7 Å². The van der Waals surface area contributed by atoms with Gasteiger partial charge in [-0.3, -0.25) is 9.69 Å². The van der Waals surface area contributed by atoms with Gasteiger partial charge in [-0.2, -0.15) is 0 Å². The zero-order chi connectivity index (χ0) is 11.2. The van der Waals surface area contributed by atoms with Crippen LogP contribution in [0.2, 0.25) is 0 Å². The molecule has 3 nitrogen and oxygen atoms in total. The molecule has 0 N–H and O–H groups in total. The van der Waals surface area contributed by atoms with Crippen LogP contribution in [0, 0.1) is 11.8 Å². The molecular weight excluding hydrogens is 188 g/mol. The number of hydrogen-bond donors (Lipinski definition) is 0. The van der Waals surface area contributed by atoms with Gasteiger partial charge in [0, 0.05) is 38.6 Å². The Bertz CT molecular complexity index is 255. The minimum atomic E-state index is 0.242. The Morgan fingerprint density at radius 2 is 1.53 bits per heavy atom. The molecule has 0 aliphatic carbocycles. The van der Waals surface area contributed by atoms with Crippen LogP contribution in [0.15, 0.2) is 0 Å². The Kier molecular flexibility index (Phi) is 2.53. The lowest BCUT2D eigenvalue weighted by molar-refractivity contribution is -0.128. The van der Waals surface area contributed by atoms with E-state index in [1.54, 1.807) is 6.92 Å². The smallest absolute Gasteiger partial charge is 0.219 e. The van der Waals surface area contributed by atoms with Crippen LogP contribution in [0.5, 0.6) is 0 Å². The van der Waals surface area contributed by atoms with Crippen LogP contribution in [0.4, 0.5) is 0 Å². The number of carbonyl (C=O) groups excluding carboxylic acids is 1. The fraction of sp³-hybridized carbons (Fsp3) is 0.917. The molecule has 2 aliphatic heterocycles. The molecule has 15 heavy (non-hydrogen) atoms.